The van der Waals surface area contributed by atoms with Gasteiger partial charge in [-0.05, 0) is 95.4 Å². The Bertz CT molecular complexity index is 3770. The Morgan fingerprint density at radius 2 is 1.35 bits per heavy atom. The number of esters is 2. The number of allylic oxidation sites excluding steroid dienone is 2. The van der Waals surface area contributed by atoms with Crippen LogP contribution in [0.15, 0.2) is 93.0 Å². The first-order chi connectivity index (χ1) is 40.0. The number of methoxy groups -OCH3 is 1. The van der Waals surface area contributed by atoms with Crippen molar-refractivity contribution in [3.8, 4) is 0 Å². The van der Waals surface area contributed by atoms with E-state index in [0.29, 0.717) is 74.0 Å². The number of hydrogen-bond donors (Lipinski definition) is 4. The Kier molecular flexibility index (Phi) is 16.9. The number of thiazole rings is 1. The maximum atomic E-state index is 15.0. The van der Waals surface area contributed by atoms with Crippen LogP contribution < -0.4 is 10.6 Å². The van der Waals surface area contributed by atoms with Crippen molar-refractivity contribution in [2.45, 2.75) is 96.8 Å². The third-order valence-corrected chi connectivity index (χ3v) is 17.0. The van der Waals surface area contributed by atoms with Crippen LogP contribution in [0, 0.1) is 58.1 Å². The van der Waals surface area contributed by atoms with Gasteiger partial charge in [0.15, 0.2) is 45.8 Å². The lowest BCUT2D eigenvalue weighted by atomic mass is 9.80. The van der Waals surface area contributed by atoms with Gasteiger partial charge in [0, 0.05) is 64.4 Å². The molecule has 1 fully saturated rings. The fraction of sp³-hybridized carbons (Fsp3) is 0.368. The van der Waals surface area contributed by atoms with E-state index >= 15 is 0 Å². The van der Waals surface area contributed by atoms with E-state index in [1.807, 2.05) is 10.9 Å². The number of carboxylic acid groups (broad SMARTS) is 2. The molecule has 84 heavy (non-hydrogen) atoms. The zero-order chi connectivity index (χ0) is 60.1. The monoisotopic (exact) mass is 1220 g/mol. The average Bonchev–Trinajstić information content (AvgIpc) is 1.96. The number of nitrogens with one attached hydrogen (secondary N) is 2. The second-order valence-corrected chi connectivity index (χ2v) is 23.0. The maximum absolute atomic E-state index is 15.0. The quantitative estimate of drug-likeness (QED) is 0.0451. The van der Waals surface area contributed by atoms with Crippen LogP contribution in [0.1, 0.15) is 109 Å². The summed E-state index contributed by atoms with van der Waals surface area (Å²) in [5.41, 5.74) is 3.09. The van der Waals surface area contributed by atoms with Gasteiger partial charge in [0.2, 0.25) is 0 Å². The summed E-state index contributed by atoms with van der Waals surface area (Å²) in [5, 5.41) is 35.7. The van der Waals surface area contributed by atoms with Gasteiger partial charge in [0.05, 0.1) is 76.4 Å². The predicted octanol–water partition coefficient (Wildman–Crippen LogP) is 9.94. The van der Waals surface area contributed by atoms with Crippen LogP contribution in [-0.2, 0) is 60.9 Å². The molecule has 5 aliphatic rings. The normalized spacial score (nSPS) is 21.1. The summed E-state index contributed by atoms with van der Waals surface area (Å²) in [7, 11) is 1.25. The number of carbonyl (C=O) groups is 4. The minimum Gasteiger partial charge on any atom is -0.481 e. The first-order valence-electron chi connectivity index (χ1n) is 26.5. The third kappa shape index (κ3) is 11.7. The Morgan fingerprint density at radius 1 is 0.774 bits per heavy atom. The lowest BCUT2D eigenvalue weighted by molar-refractivity contribution is -0.148. The van der Waals surface area contributed by atoms with Crippen LogP contribution >= 0.6 is 34.5 Å². The molecule has 4 atom stereocenters. The molecule has 0 radical (unpaired) electrons. The average molecular weight is 1220 g/mol. The number of aliphatic carboxylic acids is 2. The summed E-state index contributed by atoms with van der Waals surface area (Å²) in [6.07, 6.45) is 10.3. The summed E-state index contributed by atoms with van der Waals surface area (Å²) in [6, 6.07) is 2.55. The number of carboxylic acids is 2. The number of fused-ring (bicyclic) bond motifs is 2. The van der Waals surface area contributed by atoms with Gasteiger partial charge >= 0.3 is 23.9 Å². The van der Waals surface area contributed by atoms with Crippen molar-refractivity contribution in [1.82, 2.24) is 40.2 Å². The van der Waals surface area contributed by atoms with E-state index < -0.39 is 92.2 Å². The highest BCUT2D eigenvalue weighted by molar-refractivity contribution is 7.11. The fourth-order valence-electron chi connectivity index (χ4n) is 11.0. The maximum Gasteiger partial charge on any atom is 0.338 e. The molecule has 1 saturated carbocycles. The highest BCUT2D eigenvalue weighted by Gasteiger charge is 2.42. The zero-order valence-electron chi connectivity index (χ0n) is 45.2. The molecule has 2 aliphatic heterocycles. The van der Waals surface area contributed by atoms with Crippen molar-refractivity contribution in [2.24, 2.45) is 33.2 Å². The van der Waals surface area contributed by atoms with Gasteiger partial charge in [-0.2, -0.15) is 10.2 Å². The van der Waals surface area contributed by atoms with Gasteiger partial charge in [-0.25, -0.2) is 45.9 Å². The molecular weight excluding hydrogens is 1170 g/mol. The summed E-state index contributed by atoms with van der Waals surface area (Å²) in [4.78, 5) is 67.0. The van der Waals surface area contributed by atoms with Crippen molar-refractivity contribution >= 4 is 70.1 Å². The number of rotatable bonds is 14. The summed E-state index contributed by atoms with van der Waals surface area (Å²) < 4.78 is 99.9. The van der Waals surface area contributed by atoms with Crippen LogP contribution in [0.5, 0.6) is 0 Å². The number of aryl methyl sites for hydroxylation is 2. The standard InChI is InChI=1S/C30H28ClF4N5O4.C27H24ClF2N5O4S/c1-4-44-28(41)21-24(14-5-8-20-15(9-14)12-40(39-20)13-30(2,3)29(42)43)37-27(26-19(34)10-16(32)11-36-26)38-25(21)17-6-7-18(33)23(35)22(17)31;1-39-27(38)19-22(12-2-5-18-14(8-12)11-35(34-18)15-9-13(10-15)26(36)37)32-24(25-31-6-7-40-25)33-23(19)16-3-4-17(29)21(30)20(16)28/h6-7,10-12,14,25H,4-5,8-9,13H2,1-3H3,(H,37,38)(H,42,43);3-4,6-7,11-13,15,23H,2,5,8-10H2,1H3,(H,32,33)(H,36,37). The molecule has 4 aromatic heterocycles. The number of aromatic nitrogens is 6. The zero-order valence-corrected chi connectivity index (χ0v) is 47.5. The number of aliphatic imine (C=N–C) groups is 2. The van der Waals surface area contributed by atoms with Crippen molar-refractivity contribution < 1.29 is 65.2 Å². The Labute approximate surface area is 489 Å². The smallest absolute Gasteiger partial charge is 0.338 e. The minimum absolute atomic E-state index is 0.0144. The van der Waals surface area contributed by atoms with Gasteiger partial charge in [-0.15, -0.1) is 11.3 Å². The van der Waals surface area contributed by atoms with Gasteiger partial charge in [0.25, 0.3) is 0 Å². The topological polar surface area (TPSA) is 237 Å². The number of pyridine rings is 1. The van der Waals surface area contributed by atoms with E-state index in [9.17, 15) is 55.7 Å². The van der Waals surface area contributed by atoms with Gasteiger partial charge in [0.1, 0.15) is 23.6 Å². The molecule has 2 aromatic carbocycles. The van der Waals surface area contributed by atoms with Crippen LogP contribution in [0.25, 0.3) is 0 Å². The van der Waals surface area contributed by atoms with Crippen LogP contribution in [0.2, 0.25) is 10.0 Å². The molecule has 11 rings (SSSR count). The summed E-state index contributed by atoms with van der Waals surface area (Å²) in [6.45, 7) is 4.89. The van der Waals surface area contributed by atoms with Crippen molar-refractivity contribution in [2.75, 3.05) is 13.7 Å². The van der Waals surface area contributed by atoms with Gasteiger partial charge < -0.3 is 30.3 Å². The van der Waals surface area contributed by atoms with E-state index in [4.69, 9.17) is 42.8 Å². The number of nitrogens with zero attached hydrogens (tertiary/aromatic N) is 8. The molecule has 4 N–H and O–H groups in total. The molecule has 0 amide bonds. The SMILES string of the molecule is CCOC(=O)C1=C(C2CCc3nn(CC(C)(C)C(=O)O)cc3C2)NC(c2ncc(F)cc2F)=NC1c1ccc(F)c(F)c1Cl.COC(=O)C1=C(C2CCc3nn(C4CC(C(=O)O)C4)cc3C2)NC(c2nccs2)=NC1c1ccc(F)c(F)c1Cl. The Morgan fingerprint density at radius 3 is 1.89 bits per heavy atom. The number of hydrogen-bond acceptors (Lipinski definition) is 15. The summed E-state index contributed by atoms with van der Waals surface area (Å²) >= 11 is 13.8. The van der Waals surface area contributed by atoms with E-state index in [-0.39, 0.29) is 70.5 Å². The molecule has 6 heterocycles. The van der Waals surface area contributed by atoms with Crippen molar-refractivity contribution in [3.05, 3.63) is 172 Å². The largest absolute Gasteiger partial charge is 0.481 e. The van der Waals surface area contributed by atoms with E-state index in [0.717, 1.165) is 40.8 Å². The second kappa shape index (κ2) is 24.0. The molecule has 3 aliphatic carbocycles. The Hall–Kier alpha value is -7.90. The second-order valence-electron chi connectivity index (χ2n) is 21.3. The molecule has 0 saturated heterocycles. The van der Waals surface area contributed by atoms with Crippen LogP contribution in [-0.4, -0.2) is 89.0 Å². The third-order valence-electron chi connectivity index (χ3n) is 15.4. The number of ether oxygens (including phenoxy) is 2. The number of amidine groups is 2. The number of halogens is 8. The number of benzene rings is 2. The van der Waals surface area contributed by atoms with Crippen molar-refractivity contribution in [1.29, 1.82) is 0 Å². The number of carbonyl (C=O) groups excluding carboxylic acids is 2. The van der Waals surface area contributed by atoms with Crippen molar-refractivity contribution in [3.63, 3.8) is 0 Å². The first-order valence-corrected chi connectivity index (χ1v) is 28.2. The highest BCUT2D eigenvalue weighted by atomic mass is 35.5. The lowest BCUT2D eigenvalue weighted by Gasteiger charge is -2.33. The molecule has 440 valence electrons. The lowest BCUT2D eigenvalue weighted by Crippen LogP contribution is -2.39. The van der Waals surface area contributed by atoms with Crippen LogP contribution in [0.3, 0.4) is 0 Å². The van der Waals surface area contributed by atoms with E-state index in [1.165, 1.54) is 30.6 Å². The minimum atomic E-state index is -1.37. The molecule has 27 heteroatoms. The Balaban J connectivity index is 0.000000188. The highest BCUT2D eigenvalue weighted by Crippen LogP contribution is 2.45. The van der Waals surface area contributed by atoms with Gasteiger partial charge in [-0.3, -0.25) is 28.9 Å². The van der Waals surface area contributed by atoms with E-state index in [2.05, 4.69) is 30.7 Å². The fourth-order valence-corrected chi connectivity index (χ4v) is 12.1. The molecular formula is C57H52Cl2F6N10O8S. The van der Waals surface area contributed by atoms with E-state index in [1.54, 1.807) is 43.2 Å². The predicted molar refractivity (Wildman–Crippen MR) is 293 cm³/mol. The molecule has 18 nitrogen and oxygen atoms in total. The molecule has 4 unspecified atom stereocenters. The summed E-state index contributed by atoms with van der Waals surface area (Å²) in [5.74, 6) is -10.8. The molecule has 6 aromatic rings. The molecule has 0 bridgehead atoms. The van der Waals surface area contributed by atoms with Crippen LogP contribution in [0.4, 0.5) is 26.3 Å². The molecule has 0 spiro atoms. The first kappa shape index (κ1) is 59.3. The van der Waals surface area contributed by atoms with Gasteiger partial charge in [-0.1, -0.05) is 35.3 Å².